The SMILES string of the molecule is CC[C@H](C)NC(=O)COC(=O)c1ccc(COc2ccc3c(C)cc(=O)oc3c2)cc1. The Balaban J connectivity index is 1.56. The molecule has 0 aliphatic carbocycles. The number of esters is 1. The van der Waals surface area contributed by atoms with Crippen LogP contribution in [0.5, 0.6) is 5.75 Å². The molecule has 3 rings (SSSR count). The van der Waals surface area contributed by atoms with Crippen LogP contribution in [0.4, 0.5) is 0 Å². The third-order valence-corrected chi connectivity index (χ3v) is 4.87. The first-order chi connectivity index (χ1) is 14.9. The predicted octanol–water partition coefficient (Wildman–Crippen LogP) is 3.75. The molecule has 0 aliphatic heterocycles. The lowest BCUT2D eigenvalue weighted by Crippen LogP contribution is -2.35. The molecule has 0 fully saturated rings. The smallest absolute Gasteiger partial charge is 0.338 e. The number of carbonyl (C=O) groups is 2. The molecule has 7 nitrogen and oxygen atoms in total. The summed E-state index contributed by atoms with van der Waals surface area (Å²) in [6, 6.07) is 13.6. The molecule has 0 saturated heterocycles. The van der Waals surface area contributed by atoms with E-state index >= 15 is 0 Å². The molecule has 3 aromatic rings. The average molecular weight is 423 g/mol. The third-order valence-electron chi connectivity index (χ3n) is 4.87. The molecule has 0 unspecified atom stereocenters. The molecule has 0 bridgehead atoms. The predicted molar refractivity (Wildman–Crippen MR) is 116 cm³/mol. The Bertz CT molecular complexity index is 1130. The largest absolute Gasteiger partial charge is 0.489 e. The van der Waals surface area contributed by atoms with Gasteiger partial charge in [0.25, 0.3) is 5.91 Å². The van der Waals surface area contributed by atoms with Gasteiger partial charge in [-0.15, -0.1) is 0 Å². The highest BCUT2D eigenvalue weighted by atomic mass is 16.5. The van der Waals surface area contributed by atoms with E-state index in [1.165, 1.54) is 6.07 Å². The Labute approximate surface area is 180 Å². The minimum absolute atomic E-state index is 0.0353. The normalized spacial score (nSPS) is 11.7. The van der Waals surface area contributed by atoms with Crippen molar-refractivity contribution in [2.45, 2.75) is 39.8 Å². The molecular weight excluding hydrogens is 398 g/mol. The van der Waals surface area contributed by atoms with Gasteiger partial charge in [-0.25, -0.2) is 9.59 Å². The van der Waals surface area contributed by atoms with Crippen molar-refractivity contribution in [2.75, 3.05) is 6.61 Å². The second-order valence-electron chi connectivity index (χ2n) is 7.34. The summed E-state index contributed by atoms with van der Waals surface area (Å²) in [5.41, 5.74) is 2.11. The number of nitrogens with one attached hydrogen (secondary N) is 1. The molecule has 1 aromatic heterocycles. The van der Waals surface area contributed by atoms with Crippen LogP contribution < -0.4 is 15.7 Å². The van der Waals surface area contributed by atoms with Crippen molar-refractivity contribution in [1.82, 2.24) is 5.32 Å². The minimum Gasteiger partial charge on any atom is -0.489 e. The summed E-state index contributed by atoms with van der Waals surface area (Å²) in [5, 5.41) is 3.59. The van der Waals surface area contributed by atoms with E-state index in [0.29, 0.717) is 16.9 Å². The molecule has 1 heterocycles. The van der Waals surface area contributed by atoms with Gasteiger partial charge in [-0.05, 0) is 55.7 Å². The van der Waals surface area contributed by atoms with E-state index in [-0.39, 0.29) is 25.2 Å². The van der Waals surface area contributed by atoms with Gasteiger partial charge in [-0.1, -0.05) is 19.1 Å². The summed E-state index contributed by atoms with van der Waals surface area (Å²) in [4.78, 5) is 35.4. The van der Waals surface area contributed by atoms with Crippen LogP contribution in [0.15, 0.2) is 57.7 Å². The fraction of sp³-hybridized carbons (Fsp3) is 0.292. The lowest BCUT2D eigenvalue weighted by Gasteiger charge is -2.11. The highest BCUT2D eigenvalue weighted by Gasteiger charge is 2.12. The van der Waals surface area contributed by atoms with Crippen LogP contribution >= 0.6 is 0 Å². The fourth-order valence-electron chi connectivity index (χ4n) is 2.93. The van der Waals surface area contributed by atoms with Crippen LogP contribution in [0.25, 0.3) is 11.0 Å². The van der Waals surface area contributed by atoms with E-state index in [2.05, 4.69) is 5.32 Å². The lowest BCUT2D eigenvalue weighted by molar-refractivity contribution is -0.124. The number of benzene rings is 2. The number of fused-ring (bicyclic) bond motifs is 1. The van der Waals surface area contributed by atoms with E-state index in [1.807, 2.05) is 32.9 Å². The average Bonchev–Trinajstić information content (AvgIpc) is 2.75. The molecular formula is C24H25NO6. The number of rotatable bonds is 8. The van der Waals surface area contributed by atoms with Gasteiger partial charge in [0.2, 0.25) is 0 Å². The Morgan fingerprint density at radius 3 is 2.55 bits per heavy atom. The topological polar surface area (TPSA) is 94.8 Å². The number of hydrogen-bond acceptors (Lipinski definition) is 6. The Morgan fingerprint density at radius 2 is 1.84 bits per heavy atom. The van der Waals surface area contributed by atoms with Crippen LogP contribution in [-0.4, -0.2) is 24.5 Å². The van der Waals surface area contributed by atoms with E-state index < -0.39 is 11.6 Å². The van der Waals surface area contributed by atoms with Crippen molar-refractivity contribution >= 4 is 22.8 Å². The number of ether oxygens (including phenoxy) is 2. The van der Waals surface area contributed by atoms with Gasteiger partial charge in [-0.2, -0.15) is 0 Å². The molecule has 31 heavy (non-hydrogen) atoms. The molecule has 0 spiro atoms. The number of hydrogen-bond donors (Lipinski definition) is 1. The van der Waals surface area contributed by atoms with Gasteiger partial charge >= 0.3 is 11.6 Å². The zero-order valence-corrected chi connectivity index (χ0v) is 17.8. The first-order valence-corrected chi connectivity index (χ1v) is 10.1. The van der Waals surface area contributed by atoms with Gasteiger partial charge in [0.05, 0.1) is 5.56 Å². The van der Waals surface area contributed by atoms with Crippen LogP contribution in [0.1, 0.15) is 41.8 Å². The molecule has 0 aliphatic rings. The molecule has 0 saturated carbocycles. The summed E-state index contributed by atoms with van der Waals surface area (Å²) in [6.07, 6.45) is 0.802. The maximum Gasteiger partial charge on any atom is 0.338 e. The fourth-order valence-corrected chi connectivity index (χ4v) is 2.93. The second kappa shape index (κ2) is 9.93. The van der Waals surface area contributed by atoms with E-state index in [0.717, 1.165) is 22.9 Å². The molecule has 0 radical (unpaired) electrons. The molecule has 7 heteroatoms. The molecule has 162 valence electrons. The molecule has 1 N–H and O–H groups in total. The first kappa shape index (κ1) is 22.1. The number of carbonyl (C=O) groups excluding carboxylic acids is 2. The van der Waals surface area contributed by atoms with Crippen molar-refractivity contribution in [3.63, 3.8) is 0 Å². The minimum atomic E-state index is -0.563. The Kier molecular flexibility index (Phi) is 7.07. The zero-order chi connectivity index (χ0) is 22.4. The summed E-state index contributed by atoms with van der Waals surface area (Å²) in [7, 11) is 0. The van der Waals surface area contributed by atoms with Gasteiger partial charge in [0, 0.05) is 23.6 Å². The maximum absolute atomic E-state index is 12.1. The number of amides is 1. The van der Waals surface area contributed by atoms with Crippen molar-refractivity contribution in [2.24, 2.45) is 0 Å². The van der Waals surface area contributed by atoms with Gasteiger partial charge in [0.15, 0.2) is 6.61 Å². The molecule has 1 atom stereocenters. The highest BCUT2D eigenvalue weighted by molar-refractivity contribution is 5.91. The van der Waals surface area contributed by atoms with Gasteiger partial charge < -0.3 is 19.2 Å². The Morgan fingerprint density at radius 1 is 1.10 bits per heavy atom. The quantitative estimate of drug-likeness (QED) is 0.438. The van der Waals surface area contributed by atoms with E-state index in [9.17, 15) is 14.4 Å². The second-order valence-corrected chi connectivity index (χ2v) is 7.34. The third kappa shape index (κ3) is 5.94. The van der Waals surface area contributed by atoms with Gasteiger partial charge in [-0.3, -0.25) is 4.79 Å². The monoisotopic (exact) mass is 423 g/mol. The maximum atomic E-state index is 12.1. The summed E-state index contributed by atoms with van der Waals surface area (Å²) in [6.45, 7) is 5.65. The van der Waals surface area contributed by atoms with Crippen molar-refractivity contribution in [1.29, 1.82) is 0 Å². The molecule has 2 aromatic carbocycles. The van der Waals surface area contributed by atoms with Crippen molar-refractivity contribution in [3.8, 4) is 5.75 Å². The number of aryl methyl sites for hydroxylation is 1. The van der Waals surface area contributed by atoms with E-state index in [4.69, 9.17) is 13.9 Å². The van der Waals surface area contributed by atoms with Crippen molar-refractivity contribution < 1.29 is 23.5 Å². The Hall–Kier alpha value is -3.61. The molecule has 1 amide bonds. The first-order valence-electron chi connectivity index (χ1n) is 10.1. The standard InChI is InChI=1S/C24H25NO6/c1-4-16(3)25-22(26)14-30-24(28)18-7-5-17(6-8-18)13-29-19-9-10-20-15(2)11-23(27)31-21(20)12-19/h5-12,16H,4,13-14H2,1-3H3,(H,25,26)/t16-/m0/s1. The van der Waals surface area contributed by atoms with Crippen LogP contribution in [0, 0.1) is 6.92 Å². The summed E-state index contributed by atoms with van der Waals surface area (Å²) >= 11 is 0. The van der Waals surface area contributed by atoms with Gasteiger partial charge in [0.1, 0.15) is 17.9 Å². The summed E-state index contributed by atoms with van der Waals surface area (Å²) < 4.78 is 16.1. The zero-order valence-electron chi connectivity index (χ0n) is 17.8. The van der Waals surface area contributed by atoms with Crippen molar-refractivity contribution in [3.05, 3.63) is 75.6 Å². The van der Waals surface area contributed by atoms with Crippen LogP contribution in [0.2, 0.25) is 0 Å². The van der Waals surface area contributed by atoms with Crippen LogP contribution in [0.3, 0.4) is 0 Å². The summed E-state index contributed by atoms with van der Waals surface area (Å²) in [5.74, 6) is -0.321. The van der Waals surface area contributed by atoms with Crippen LogP contribution in [-0.2, 0) is 16.1 Å². The van der Waals surface area contributed by atoms with E-state index in [1.54, 1.807) is 30.3 Å². The highest BCUT2D eigenvalue weighted by Crippen LogP contribution is 2.23. The lowest BCUT2D eigenvalue weighted by atomic mass is 10.1.